The zero-order chi connectivity index (χ0) is 19.7. The highest BCUT2D eigenvalue weighted by Crippen LogP contribution is 2.29. The molecule has 0 saturated carbocycles. The Morgan fingerprint density at radius 2 is 1.68 bits per heavy atom. The van der Waals surface area contributed by atoms with E-state index in [9.17, 15) is 19.5 Å². The molecule has 0 aliphatic carbocycles. The van der Waals surface area contributed by atoms with Gasteiger partial charge in [0.15, 0.2) is 0 Å². The summed E-state index contributed by atoms with van der Waals surface area (Å²) in [6, 6.07) is 14.4. The molecule has 0 radical (unpaired) electrons. The Labute approximate surface area is 163 Å². The monoisotopic (exact) mass is 378 g/mol. The minimum atomic E-state index is -0.993. The van der Waals surface area contributed by atoms with Gasteiger partial charge in [0.1, 0.15) is 6.04 Å². The highest BCUT2D eigenvalue weighted by atomic mass is 16.4. The molecule has 4 rings (SSSR count). The molecule has 2 aliphatic rings. The van der Waals surface area contributed by atoms with Gasteiger partial charge in [-0.05, 0) is 35.6 Å². The third-order valence-corrected chi connectivity index (χ3v) is 5.67. The summed E-state index contributed by atoms with van der Waals surface area (Å²) < 4.78 is 0. The maximum atomic E-state index is 12.8. The number of carbonyl (C=O) groups excluding carboxylic acids is 2. The van der Waals surface area contributed by atoms with Gasteiger partial charge in [-0.2, -0.15) is 0 Å². The quantitative estimate of drug-likeness (QED) is 0.856. The summed E-state index contributed by atoms with van der Waals surface area (Å²) in [6.07, 6.45) is 1.48. The minimum absolute atomic E-state index is 0.0784. The van der Waals surface area contributed by atoms with Crippen molar-refractivity contribution in [3.05, 3.63) is 65.2 Å². The molecule has 6 heteroatoms. The first-order chi connectivity index (χ1) is 13.5. The highest BCUT2D eigenvalue weighted by Gasteiger charge is 2.35. The van der Waals surface area contributed by atoms with Crippen LogP contribution in [0.4, 0.5) is 5.69 Å². The van der Waals surface area contributed by atoms with E-state index in [1.165, 1.54) is 4.90 Å². The smallest absolute Gasteiger partial charge is 0.326 e. The molecular formula is C22H22N2O4. The molecule has 2 unspecified atom stereocenters. The maximum absolute atomic E-state index is 12.8. The van der Waals surface area contributed by atoms with Crippen molar-refractivity contribution >= 4 is 23.5 Å². The number of fused-ring (bicyclic) bond motifs is 2. The number of anilines is 1. The van der Waals surface area contributed by atoms with E-state index in [1.54, 1.807) is 0 Å². The van der Waals surface area contributed by atoms with Crippen molar-refractivity contribution < 1.29 is 19.5 Å². The van der Waals surface area contributed by atoms with Gasteiger partial charge in [0.05, 0.1) is 0 Å². The average molecular weight is 378 g/mol. The van der Waals surface area contributed by atoms with Crippen molar-refractivity contribution in [1.82, 2.24) is 4.90 Å². The lowest BCUT2D eigenvalue weighted by molar-refractivity contribution is -0.151. The Morgan fingerprint density at radius 1 is 1.00 bits per heavy atom. The molecule has 2 aliphatic heterocycles. The van der Waals surface area contributed by atoms with Crippen LogP contribution >= 0.6 is 0 Å². The second-order valence-corrected chi connectivity index (χ2v) is 7.43. The lowest BCUT2D eigenvalue weighted by Crippen LogP contribution is -2.48. The fourth-order valence-corrected chi connectivity index (χ4v) is 4.09. The molecule has 0 aromatic heterocycles. The topological polar surface area (TPSA) is 86.7 Å². The summed E-state index contributed by atoms with van der Waals surface area (Å²) in [5, 5.41) is 12.5. The first kappa shape index (κ1) is 18.2. The van der Waals surface area contributed by atoms with Crippen LogP contribution in [0.1, 0.15) is 29.5 Å². The third-order valence-electron chi connectivity index (χ3n) is 5.67. The van der Waals surface area contributed by atoms with Crippen molar-refractivity contribution in [2.45, 2.75) is 38.3 Å². The molecular weight excluding hydrogens is 356 g/mol. The molecule has 0 saturated heterocycles. The summed E-state index contributed by atoms with van der Waals surface area (Å²) in [4.78, 5) is 38.4. The van der Waals surface area contributed by atoms with E-state index in [0.717, 1.165) is 22.4 Å². The molecule has 144 valence electrons. The summed E-state index contributed by atoms with van der Waals surface area (Å²) in [5.41, 5.74) is 3.85. The number of para-hydroxylation sites is 1. The van der Waals surface area contributed by atoms with Gasteiger partial charge < -0.3 is 15.3 Å². The number of amides is 2. The van der Waals surface area contributed by atoms with Gasteiger partial charge in [-0.15, -0.1) is 0 Å². The van der Waals surface area contributed by atoms with E-state index in [2.05, 4.69) is 5.32 Å². The lowest BCUT2D eigenvalue weighted by Gasteiger charge is -2.35. The summed E-state index contributed by atoms with van der Waals surface area (Å²) in [5.74, 6) is -1.56. The first-order valence-corrected chi connectivity index (χ1v) is 9.51. The molecule has 6 nitrogen and oxygen atoms in total. The molecule has 0 bridgehead atoms. The fraction of sp³-hybridized carbons (Fsp3) is 0.318. The van der Waals surface area contributed by atoms with Crippen LogP contribution < -0.4 is 5.32 Å². The Kier molecular flexibility index (Phi) is 4.86. The molecule has 28 heavy (non-hydrogen) atoms. The van der Waals surface area contributed by atoms with E-state index in [-0.39, 0.29) is 24.2 Å². The van der Waals surface area contributed by atoms with Crippen LogP contribution in [0, 0.1) is 5.92 Å². The van der Waals surface area contributed by atoms with Crippen molar-refractivity contribution in [3.8, 4) is 0 Å². The Hall–Kier alpha value is -3.15. The van der Waals surface area contributed by atoms with Gasteiger partial charge in [-0.25, -0.2) is 4.79 Å². The van der Waals surface area contributed by atoms with E-state index in [4.69, 9.17) is 0 Å². The van der Waals surface area contributed by atoms with Crippen molar-refractivity contribution in [1.29, 1.82) is 0 Å². The molecule has 2 N–H and O–H groups in total. The number of benzene rings is 2. The van der Waals surface area contributed by atoms with Crippen LogP contribution in [0.15, 0.2) is 48.5 Å². The molecule has 2 heterocycles. The largest absolute Gasteiger partial charge is 0.480 e. The number of rotatable bonds is 4. The third kappa shape index (κ3) is 3.50. The van der Waals surface area contributed by atoms with Crippen LogP contribution in [0.3, 0.4) is 0 Å². The van der Waals surface area contributed by atoms with Crippen LogP contribution in [0.5, 0.6) is 0 Å². The van der Waals surface area contributed by atoms with Crippen molar-refractivity contribution in [2.75, 3.05) is 5.32 Å². The molecule has 2 amide bonds. The van der Waals surface area contributed by atoms with Crippen LogP contribution in [0.2, 0.25) is 0 Å². The molecule has 2 atom stereocenters. The maximum Gasteiger partial charge on any atom is 0.326 e. The number of carboxylic acid groups (broad SMARTS) is 1. The number of aliphatic carboxylic acids is 1. The number of nitrogens with zero attached hydrogens (tertiary/aromatic N) is 1. The predicted molar refractivity (Wildman–Crippen MR) is 104 cm³/mol. The van der Waals surface area contributed by atoms with E-state index >= 15 is 0 Å². The second kappa shape index (κ2) is 7.46. The number of carboxylic acids is 1. The van der Waals surface area contributed by atoms with Gasteiger partial charge in [-0.1, -0.05) is 42.5 Å². The van der Waals surface area contributed by atoms with Crippen LogP contribution in [-0.4, -0.2) is 33.8 Å². The van der Waals surface area contributed by atoms with Gasteiger partial charge in [0.25, 0.3) is 0 Å². The van der Waals surface area contributed by atoms with Gasteiger partial charge in [0.2, 0.25) is 11.8 Å². The number of hydrogen-bond acceptors (Lipinski definition) is 3. The lowest BCUT2D eigenvalue weighted by atomic mass is 9.89. The normalized spacial score (nSPS) is 20.7. The Morgan fingerprint density at radius 3 is 2.43 bits per heavy atom. The van der Waals surface area contributed by atoms with E-state index < -0.39 is 12.0 Å². The summed E-state index contributed by atoms with van der Waals surface area (Å²) in [6.45, 7) is 0.297. The number of carbonyl (C=O) groups is 3. The molecule has 0 spiro atoms. The van der Waals surface area contributed by atoms with Crippen molar-refractivity contribution in [2.24, 2.45) is 5.92 Å². The second-order valence-electron chi connectivity index (χ2n) is 7.43. The summed E-state index contributed by atoms with van der Waals surface area (Å²) >= 11 is 0. The zero-order valence-electron chi connectivity index (χ0n) is 15.4. The number of nitrogens with one attached hydrogen (secondary N) is 1. The molecule has 0 fully saturated rings. The average Bonchev–Trinajstić information content (AvgIpc) is 2.70. The van der Waals surface area contributed by atoms with Gasteiger partial charge in [0, 0.05) is 31.0 Å². The Balaban J connectivity index is 1.44. The summed E-state index contributed by atoms with van der Waals surface area (Å²) in [7, 11) is 0. The Bertz CT molecular complexity index is 940. The van der Waals surface area contributed by atoms with Gasteiger partial charge in [-0.3, -0.25) is 9.59 Å². The first-order valence-electron chi connectivity index (χ1n) is 9.51. The van der Waals surface area contributed by atoms with Crippen LogP contribution in [0.25, 0.3) is 0 Å². The van der Waals surface area contributed by atoms with E-state index in [1.807, 2.05) is 48.5 Å². The SMILES string of the molecule is O=C1Nc2ccccc2CC1CCC(=O)N1Cc2ccccc2CC1C(=O)O. The van der Waals surface area contributed by atoms with Gasteiger partial charge >= 0.3 is 5.97 Å². The van der Waals surface area contributed by atoms with Crippen molar-refractivity contribution in [3.63, 3.8) is 0 Å². The highest BCUT2D eigenvalue weighted by molar-refractivity contribution is 5.96. The predicted octanol–water partition coefficient (Wildman–Crippen LogP) is 2.62. The zero-order valence-corrected chi connectivity index (χ0v) is 15.4. The standard InChI is InChI=1S/C22H22N2O4/c25-20(10-9-16-11-15-6-3-4-8-18(15)23-21(16)26)24-13-17-7-2-1-5-14(17)12-19(24)22(27)28/h1-8,16,19H,9-13H2,(H,23,26)(H,27,28). The molecule has 2 aromatic carbocycles. The van der Waals surface area contributed by atoms with Crippen LogP contribution in [-0.2, 0) is 33.8 Å². The fourth-order valence-electron chi connectivity index (χ4n) is 4.09. The number of hydrogen-bond donors (Lipinski definition) is 2. The van der Waals surface area contributed by atoms with E-state index in [0.29, 0.717) is 25.8 Å². The minimum Gasteiger partial charge on any atom is -0.480 e. The molecule has 2 aromatic rings.